The standard InChI is InChI=1S/C27H30FN5O/c1-17(2)32-16-18(15-31-32)11-12-30-22-8-10-26-24(14-22)23-13-20(5-9-25(23)33(26)29)27(34)19-3-6-21(28)7-4-19/h3-7,9,13,15-17,22,30H,8,10-12,14,29H2,1-2H3. The number of aromatic nitrogens is 3. The summed E-state index contributed by atoms with van der Waals surface area (Å²) in [7, 11) is 0. The highest BCUT2D eigenvalue weighted by atomic mass is 19.1. The zero-order valence-electron chi connectivity index (χ0n) is 19.6. The number of carbonyl (C=O) groups is 1. The van der Waals surface area contributed by atoms with Crippen molar-refractivity contribution >= 4 is 16.7 Å². The van der Waals surface area contributed by atoms with Crippen LogP contribution in [0.4, 0.5) is 4.39 Å². The number of ketones is 1. The zero-order chi connectivity index (χ0) is 23.8. The average Bonchev–Trinajstić information content (AvgIpc) is 3.42. The molecular formula is C27H30FN5O. The lowest BCUT2D eigenvalue weighted by molar-refractivity contribution is 0.103. The summed E-state index contributed by atoms with van der Waals surface area (Å²) in [6.07, 6.45) is 7.79. The van der Waals surface area contributed by atoms with E-state index in [-0.39, 0.29) is 11.6 Å². The first kappa shape index (κ1) is 22.3. The lowest BCUT2D eigenvalue weighted by atomic mass is 9.90. The SMILES string of the molecule is CC(C)n1cc(CCNC2CCc3c(c4cc(C(=O)c5ccc(F)cc5)ccc4n3N)C2)cn1. The van der Waals surface area contributed by atoms with Gasteiger partial charge in [0.05, 0.1) is 11.7 Å². The Morgan fingerprint density at radius 1 is 1.21 bits per heavy atom. The van der Waals surface area contributed by atoms with Crippen molar-refractivity contribution in [2.24, 2.45) is 0 Å². The molecule has 34 heavy (non-hydrogen) atoms. The summed E-state index contributed by atoms with van der Waals surface area (Å²) in [5.74, 6) is 5.95. The fraction of sp³-hybridized carbons (Fsp3) is 0.333. The predicted molar refractivity (Wildman–Crippen MR) is 132 cm³/mol. The largest absolute Gasteiger partial charge is 0.339 e. The van der Waals surface area contributed by atoms with Crippen LogP contribution in [0.2, 0.25) is 0 Å². The molecule has 0 saturated heterocycles. The van der Waals surface area contributed by atoms with Crippen LogP contribution in [0.1, 0.15) is 59.1 Å². The normalized spacial score (nSPS) is 15.7. The molecule has 7 heteroatoms. The first-order chi connectivity index (χ1) is 16.4. The number of carbonyl (C=O) groups excluding carboxylic acids is 1. The average molecular weight is 460 g/mol. The van der Waals surface area contributed by atoms with Gasteiger partial charge in [-0.05, 0) is 99.7 Å². The maximum absolute atomic E-state index is 13.3. The molecule has 3 N–H and O–H groups in total. The summed E-state index contributed by atoms with van der Waals surface area (Å²) in [6.45, 7) is 5.14. The Balaban J connectivity index is 1.33. The minimum atomic E-state index is -0.353. The van der Waals surface area contributed by atoms with E-state index in [2.05, 4.69) is 30.5 Å². The summed E-state index contributed by atoms with van der Waals surface area (Å²) in [6, 6.07) is 12.1. The molecule has 0 radical (unpaired) electrons. The van der Waals surface area contributed by atoms with Crippen molar-refractivity contribution in [2.45, 2.75) is 51.6 Å². The Labute approximate surface area is 198 Å². The number of fused-ring (bicyclic) bond motifs is 3. The minimum Gasteiger partial charge on any atom is -0.339 e. The van der Waals surface area contributed by atoms with Gasteiger partial charge in [0.1, 0.15) is 5.82 Å². The van der Waals surface area contributed by atoms with E-state index in [9.17, 15) is 9.18 Å². The van der Waals surface area contributed by atoms with Gasteiger partial charge in [0.25, 0.3) is 0 Å². The van der Waals surface area contributed by atoms with E-state index in [4.69, 9.17) is 5.84 Å². The molecule has 1 unspecified atom stereocenters. The molecule has 0 amide bonds. The van der Waals surface area contributed by atoms with Crippen LogP contribution in [-0.4, -0.2) is 32.8 Å². The van der Waals surface area contributed by atoms with E-state index in [1.807, 2.05) is 23.0 Å². The fourth-order valence-corrected chi connectivity index (χ4v) is 4.89. The van der Waals surface area contributed by atoms with Crippen molar-refractivity contribution in [3.05, 3.63) is 88.6 Å². The van der Waals surface area contributed by atoms with E-state index >= 15 is 0 Å². The first-order valence-corrected chi connectivity index (χ1v) is 11.9. The van der Waals surface area contributed by atoms with Crippen LogP contribution in [-0.2, 0) is 19.3 Å². The Morgan fingerprint density at radius 3 is 2.71 bits per heavy atom. The van der Waals surface area contributed by atoms with Crippen molar-refractivity contribution in [2.75, 3.05) is 12.4 Å². The molecule has 2 aromatic carbocycles. The summed E-state index contributed by atoms with van der Waals surface area (Å²) < 4.78 is 17.0. The van der Waals surface area contributed by atoms with Crippen molar-refractivity contribution in [1.82, 2.24) is 19.8 Å². The summed E-state index contributed by atoms with van der Waals surface area (Å²) >= 11 is 0. The molecule has 2 heterocycles. The monoisotopic (exact) mass is 459 g/mol. The maximum atomic E-state index is 13.3. The van der Waals surface area contributed by atoms with Gasteiger partial charge in [-0.1, -0.05) is 0 Å². The number of rotatable bonds is 7. The summed E-state index contributed by atoms with van der Waals surface area (Å²) in [5, 5.41) is 9.15. The number of nitrogens with one attached hydrogen (secondary N) is 1. The van der Waals surface area contributed by atoms with E-state index in [0.717, 1.165) is 48.8 Å². The van der Waals surface area contributed by atoms with Gasteiger partial charge in [-0.2, -0.15) is 5.10 Å². The minimum absolute atomic E-state index is 0.118. The Bertz CT molecular complexity index is 1340. The second kappa shape index (κ2) is 9.06. The van der Waals surface area contributed by atoms with Gasteiger partial charge < -0.3 is 11.2 Å². The number of nitrogen functional groups attached to an aromatic ring is 1. The third kappa shape index (κ3) is 4.23. The van der Waals surface area contributed by atoms with Crippen molar-refractivity contribution < 1.29 is 9.18 Å². The molecule has 5 rings (SSSR count). The summed E-state index contributed by atoms with van der Waals surface area (Å²) in [4.78, 5) is 13.0. The third-order valence-electron chi connectivity index (χ3n) is 6.80. The van der Waals surface area contributed by atoms with Crippen LogP contribution >= 0.6 is 0 Å². The number of hydrogen-bond acceptors (Lipinski definition) is 4. The quantitative estimate of drug-likeness (QED) is 0.321. The smallest absolute Gasteiger partial charge is 0.193 e. The lowest BCUT2D eigenvalue weighted by Gasteiger charge is -2.24. The van der Waals surface area contributed by atoms with Gasteiger partial charge >= 0.3 is 0 Å². The number of benzene rings is 2. The summed E-state index contributed by atoms with van der Waals surface area (Å²) in [5.41, 5.74) is 5.58. The maximum Gasteiger partial charge on any atom is 0.193 e. The third-order valence-corrected chi connectivity index (χ3v) is 6.80. The van der Waals surface area contributed by atoms with Crippen LogP contribution in [0.5, 0.6) is 0 Å². The second-order valence-electron chi connectivity index (χ2n) is 9.43. The van der Waals surface area contributed by atoms with E-state index in [1.54, 1.807) is 10.7 Å². The number of nitrogens with zero attached hydrogens (tertiary/aromatic N) is 3. The van der Waals surface area contributed by atoms with Crippen LogP contribution in [0.25, 0.3) is 10.9 Å². The Morgan fingerprint density at radius 2 is 1.97 bits per heavy atom. The van der Waals surface area contributed by atoms with Crippen molar-refractivity contribution in [1.29, 1.82) is 0 Å². The highest BCUT2D eigenvalue weighted by Crippen LogP contribution is 2.32. The van der Waals surface area contributed by atoms with Crippen molar-refractivity contribution in [3.63, 3.8) is 0 Å². The van der Waals surface area contributed by atoms with Crippen LogP contribution in [0, 0.1) is 5.82 Å². The lowest BCUT2D eigenvalue weighted by Crippen LogP contribution is -2.36. The van der Waals surface area contributed by atoms with Gasteiger partial charge in [0.15, 0.2) is 5.78 Å². The molecule has 2 aromatic heterocycles. The predicted octanol–water partition coefficient (Wildman–Crippen LogP) is 4.19. The molecule has 1 aliphatic carbocycles. The van der Waals surface area contributed by atoms with Gasteiger partial charge in [-0.25, -0.2) is 4.39 Å². The molecule has 0 saturated carbocycles. The molecule has 0 spiro atoms. The van der Waals surface area contributed by atoms with Gasteiger partial charge in [0.2, 0.25) is 0 Å². The van der Waals surface area contributed by atoms with Gasteiger partial charge in [-0.3, -0.25) is 14.2 Å². The molecular weight excluding hydrogens is 429 g/mol. The van der Waals surface area contributed by atoms with E-state index in [1.165, 1.54) is 35.4 Å². The molecule has 6 nitrogen and oxygen atoms in total. The second-order valence-corrected chi connectivity index (χ2v) is 9.43. The highest BCUT2D eigenvalue weighted by Gasteiger charge is 2.25. The fourth-order valence-electron chi connectivity index (χ4n) is 4.89. The van der Waals surface area contributed by atoms with Crippen LogP contribution < -0.4 is 11.2 Å². The van der Waals surface area contributed by atoms with Crippen LogP contribution in [0.3, 0.4) is 0 Å². The number of hydrogen-bond donors (Lipinski definition) is 2. The molecule has 176 valence electrons. The molecule has 1 aliphatic rings. The molecule has 4 aromatic rings. The van der Waals surface area contributed by atoms with E-state index in [0.29, 0.717) is 23.2 Å². The molecule has 1 atom stereocenters. The zero-order valence-corrected chi connectivity index (χ0v) is 19.6. The number of nitrogens with two attached hydrogens (primary N) is 1. The first-order valence-electron chi connectivity index (χ1n) is 11.9. The Hall–Kier alpha value is -3.45. The van der Waals surface area contributed by atoms with Crippen molar-refractivity contribution in [3.8, 4) is 0 Å². The molecule has 0 fully saturated rings. The van der Waals surface area contributed by atoms with Gasteiger partial charge in [0, 0.05) is 40.5 Å². The Kier molecular flexibility index (Phi) is 5.96. The van der Waals surface area contributed by atoms with Gasteiger partial charge in [-0.15, -0.1) is 0 Å². The molecule has 0 aliphatic heterocycles. The topological polar surface area (TPSA) is 77.9 Å². The van der Waals surface area contributed by atoms with Crippen LogP contribution in [0.15, 0.2) is 54.9 Å². The highest BCUT2D eigenvalue weighted by molar-refractivity contribution is 6.10. The molecule has 0 bridgehead atoms. The number of halogens is 1. The van der Waals surface area contributed by atoms with E-state index < -0.39 is 0 Å².